The summed E-state index contributed by atoms with van der Waals surface area (Å²) in [5, 5.41) is 0.135. The van der Waals surface area contributed by atoms with E-state index in [1.54, 1.807) is 12.1 Å². The molecule has 0 amide bonds. The second-order valence-electron chi connectivity index (χ2n) is 3.70. The van der Waals surface area contributed by atoms with Gasteiger partial charge in [-0.2, -0.15) is 0 Å². The van der Waals surface area contributed by atoms with E-state index in [1.165, 1.54) is 6.07 Å². The number of aryl methyl sites for hydroxylation is 1. The molecule has 16 heavy (non-hydrogen) atoms. The number of hydrogen-bond donors (Lipinski definition) is 1. The van der Waals surface area contributed by atoms with Crippen molar-refractivity contribution < 1.29 is 4.39 Å². The lowest BCUT2D eigenvalue weighted by atomic mass is 10.0. The van der Waals surface area contributed by atoms with Gasteiger partial charge in [0.25, 0.3) is 0 Å². The number of nitrogen functional groups attached to an aromatic ring is 1. The lowest BCUT2D eigenvalue weighted by Gasteiger charge is -2.06. The van der Waals surface area contributed by atoms with Crippen molar-refractivity contribution in [3.63, 3.8) is 0 Å². The molecule has 3 heteroatoms. The van der Waals surface area contributed by atoms with Gasteiger partial charge in [0.15, 0.2) is 0 Å². The maximum absolute atomic E-state index is 13.3. The fraction of sp³-hybridized carbons (Fsp3) is 0.0769. The molecular weight excluding hydrogens is 225 g/mol. The van der Waals surface area contributed by atoms with Crippen molar-refractivity contribution in [2.24, 2.45) is 0 Å². The van der Waals surface area contributed by atoms with Crippen LogP contribution in [0.25, 0.3) is 11.1 Å². The Morgan fingerprint density at radius 2 is 1.69 bits per heavy atom. The second-order valence-corrected chi connectivity index (χ2v) is 4.11. The highest BCUT2D eigenvalue weighted by atomic mass is 35.5. The fourth-order valence-corrected chi connectivity index (χ4v) is 1.65. The molecule has 0 aliphatic rings. The number of anilines is 1. The predicted octanol–water partition coefficient (Wildman–Crippen LogP) is 4.04. The Hall–Kier alpha value is -1.54. The molecule has 2 aromatic carbocycles. The normalized spacial score (nSPS) is 10.4. The molecule has 0 radical (unpaired) electrons. The summed E-state index contributed by atoms with van der Waals surface area (Å²) in [5.41, 5.74) is 9.17. The summed E-state index contributed by atoms with van der Waals surface area (Å²) in [6.07, 6.45) is 0. The van der Waals surface area contributed by atoms with Gasteiger partial charge in [-0.25, -0.2) is 4.39 Å². The van der Waals surface area contributed by atoms with E-state index in [0.29, 0.717) is 0 Å². The molecule has 0 atom stereocenters. The van der Waals surface area contributed by atoms with Crippen molar-refractivity contribution in [2.75, 3.05) is 5.73 Å². The van der Waals surface area contributed by atoms with Crippen molar-refractivity contribution in [2.45, 2.75) is 6.92 Å². The second kappa shape index (κ2) is 4.14. The first-order valence-corrected chi connectivity index (χ1v) is 5.27. The molecule has 0 spiro atoms. The summed E-state index contributed by atoms with van der Waals surface area (Å²) < 4.78 is 13.3. The van der Waals surface area contributed by atoms with E-state index in [2.05, 4.69) is 0 Å². The van der Waals surface area contributed by atoms with Crippen LogP contribution >= 0.6 is 11.6 Å². The van der Waals surface area contributed by atoms with Crippen LogP contribution in [0, 0.1) is 12.7 Å². The minimum atomic E-state index is -0.409. The molecule has 0 heterocycles. The summed E-state index contributed by atoms with van der Waals surface area (Å²) in [6.45, 7) is 1.92. The van der Waals surface area contributed by atoms with Crippen LogP contribution in [0.2, 0.25) is 5.02 Å². The van der Waals surface area contributed by atoms with Gasteiger partial charge in [-0.15, -0.1) is 0 Å². The topological polar surface area (TPSA) is 26.0 Å². The van der Waals surface area contributed by atoms with Crippen molar-refractivity contribution in [3.05, 3.63) is 52.8 Å². The lowest BCUT2D eigenvalue weighted by Crippen LogP contribution is -1.90. The summed E-state index contributed by atoms with van der Waals surface area (Å²) in [4.78, 5) is 0. The molecule has 0 saturated heterocycles. The monoisotopic (exact) mass is 235 g/mol. The molecule has 1 nitrogen and oxygen atoms in total. The Balaban J connectivity index is 2.50. The smallest absolute Gasteiger partial charge is 0.142 e. The first-order valence-electron chi connectivity index (χ1n) is 4.89. The van der Waals surface area contributed by atoms with Crippen LogP contribution in [0.3, 0.4) is 0 Å². The molecule has 0 aliphatic heterocycles. The molecular formula is C13H11ClFN. The molecule has 0 aliphatic carbocycles. The molecule has 2 N–H and O–H groups in total. The zero-order chi connectivity index (χ0) is 11.7. The van der Waals surface area contributed by atoms with Crippen LogP contribution in [0.15, 0.2) is 36.4 Å². The fourth-order valence-electron chi connectivity index (χ4n) is 1.53. The van der Waals surface area contributed by atoms with Crippen molar-refractivity contribution in [3.8, 4) is 11.1 Å². The highest BCUT2D eigenvalue weighted by Crippen LogP contribution is 2.26. The average molecular weight is 236 g/mol. The van der Waals surface area contributed by atoms with E-state index in [4.69, 9.17) is 17.3 Å². The van der Waals surface area contributed by atoms with E-state index in [1.807, 2.05) is 25.1 Å². The van der Waals surface area contributed by atoms with Crippen LogP contribution in [0.4, 0.5) is 10.1 Å². The molecule has 2 rings (SSSR count). The standard InChI is InChI=1S/C13H11ClFN/c1-8-6-9(3-5-13(8)16)10-2-4-11(14)12(15)7-10/h2-7H,16H2,1H3. The number of rotatable bonds is 1. The molecule has 82 valence electrons. The van der Waals surface area contributed by atoms with Gasteiger partial charge in [0.1, 0.15) is 5.82 Å². The van der Waals surface area contributed by atoms with Crippen molar-refractivity contribution in [1.82, 2.24) is 0 Å². The van der Waals surface area contributed by atoms with Crippen molar-refractivity contribution in [1.29, 1.82) is 0 Å². The number of halogens is 2. The molecule has 0 aromatic heterocycles. The third-order valence-corrected chi connectivity index (χ3v) is 2.83. The van der Waals surface area contributed by atoms with Gasteiger partial charge >= 0.3 is 0 Å². The summed E-state index contributed by atoms with van der Waals surface area (Å²) in [6, 6.07) is 10.4. The largest absolute Gasteiger partial charge is 0.399 e. The Morgan fingerprint density at radius 1 is 1.06 bits per heavy atom. The van der Waals surface area contributed by atoms with Gasteiger partial charge in [0, 0.05) is 5.69 Å². The highest BCUT2D eigenvalue weighted by molar-refractivity contribution is 6.30. The van der Waals surface area contributed by atoms with Gasteiger partial charge in [-0.05, 0) is 47.9 Å². The van der Waals surface area contributed by atoms with Gasteiger partial charge in [0.05, 0.1) is 5.02 Å². The highest BCUT2D eigenvalue weighted by Gasteiger charge is 2.04. The van der Waals surface area contributed by atoms with E-state index < -0.39 is 5.82 Å². The zero-order valence-corrected chi connectivity index (χ0v) is 9.55. The van der Waals surface area contributed by atoms with Crippen LogP contribution < -0.4 is 5.73 Å². The maximum atomic E-state index is 13.3. The van der Waals surface area contributed by atoms with E-state index in [9.17, 15) is 4.39 Å². The number of nitrogens with two attached hydrogens (primary N) is 1. The average Bonchev–Trinajstić information content (AvgIpc) is 2.26. The maximum Gasteiger partial charge on any atom is 0.142 e. The van der Waals surface area contributed by atoms with Crippen LogP contribution in [0.1, 0.15) is 5.56 Å². The third kappa shape index (κ3) is 2.02. The van der Waals surface area contributed by atoms with Crippen LogP contribution in [0.5, 0.6) is 0 Å². The summed E-state index contributed by atoms with van der Waals surface area (Å²) in [7, 11) is 0. The van der Waals surface area contributed by atoms with Gasteiger partial charge < -0.3 is 5.73 Å². The number of benzene rings is 2. The van der Waals surface area contributed by atoms with E-state index in [0.717, 1.165) is 22.4 Å². The molecule has 0 bridgehead atoms. The minimum Gasteiger partial charge on any atom is -0.399 e. The third-order valence-electron chi connectivity index (χ3n) is 2.52. The quantitative estimate of drug-likeness (QED) is 0.742. The van der Waals surface area contributed by atoms with Crippen LogP contribution in [-0.4, -0.2) is 0 Å². The minimum absolute atomic E-state index is 0.135. The molecule has 2 aromatic rings. The first kappa shape index (κ1) is 11.0. The Morgan fingerprint density at radius 3 is 2.31 bits per heavy atom. The predicted molar refractivity (Wildman–Crippen MR) is 66.0 cm³/mol. The van der Waals surface area contributed by atoms with Crippen molar-refractivity contribution >= 4 is 17.3 Å². The van der Waals surface area contributed by atoms with E-state index in [-0.39, 0.29) is 5.02 Å². The van der Waals surface area contributed by atoms with Gasteiger partial charge in [-0.3, -0.25) is 0 Å². The van der Waals surface area contributed by atoms with Gasteiger partial charge in [-0.1, -0.05) is 23.7 Å². The lowest BCUT2D eigenvalue weighted by molar-refractivity contribution is 0.629. The zero-order valence-electron chi connectivity index (χ0n) is 8.80. The molecule has 0 fully saturated rings. The summed E-state index contributed by atoms with van der Waals surface area (Å²) >= 11 is 5.63. The first-order chi connectivity index (χ1) is 7.58. The van der Waals surface area contributed by atoms with E-state index >= 15 is 0 Å². The number of hydrogen-bond acceptors (Lipinski definition) is 1. The Labute approximate surface area is 98.7 Å². The SMILES string of the molecule is Cc1cc(-c2ccc(Cl)c(F)c2)ccc1N. The Bertz CT molecular complexity index is 488. The Kier molecular flexibility index (Phi) is 2.84. The van der Waals surface area contributed by atoms with Gasteiger partial charge in [0.2, 0.25) is 0 Å². The molecule has 0 saturated carbocycles. The summed E-state index contributed by atoms with van der Waals surface area (Å²) in [5.74, 6) is -0.409. The van der Waals surface area contributed by atoms with Crippen LogP contribution in [-0.2, 0) is 0 Å². The molecule has 0 unspecified atom stereocenters.